The van der Waals surface area contributed by atoms with E-state index in [0.717, 1.165) is 24.9 Å². The van der Waals surface area contributed by atoms with E-state index in [-0.39, 0.29) is 0 Å². The van der Waals surface area contributed by atoms with Gasteiger partial charge in [0.15, 0.2) is 0 Å². The highest BCUT2D eigenvalue weighted by molar-refractivity contribution is 4.83. The van der Waals surface area contributed by atoms with Crippen LogP contribution in [0.5, 0.6) is 0 Å². The topological polar surface area (TPSA) is 32.5 Å². The van der Waals surface area contributed by atoms with Gasteiger partial charge in [-0.2, -0.15) is 0 Å². The van der Waals surface area contributed by atoms with Crippen LogP contribution in [-0.4, -0.2) is 54.6 Å². The van der Waals surface area contributed by atoms with Crippen molar-refractivity contribution in [1.82, 2.24) is 9.80 Å². The van der Waals surface area contributed by atoms with Crippen molar-refractivity contribution < 1.29 is 0 Å². The van der Waals surface area contributed by atoms with Gasteiger partial charge >= 0.3 is 0 Å². The predicted molar refractivity (Wildman–Crippen MR) is 77.7 cm³/mol. The Kier molecular flexibility index (Phi) is 5.46. The van der Waals surface area contributed by atoms with E-state index in [2.05, 4.69) is 23.6 Å². The summed E-state index contributed by atoms with van der Waals surface area (Å²) >= 11 is 0. The fourth-order valence-corrected chi connectivity index (χ4v) is 3.59. The van der Waals surface area contributed by atoms with Crippen molar-refractivity contribution in [2.75, 3.05) is 32.7 Å². The molecule has 1 saturated carbocycles. The Bertz CT molecular complexity index is 228. The third kappa shape index (κ3) is 4.22. The highest BCUT2D eigenvalue weighted by atomic mass is 15.3. The van der Waals surface area contributed by atoms with Crippen molar-refractivity contribution in [2.24, 2.45) is 11.7 Å². The molecule has 0 amide bonds. The van der Waals surface area contributed by atoms with Gasteiger partial charge in [0, 0.05) is 44.8 Å². The minimum Gasteiger partial charge on any atom is -0.327 e. The highest BCUT2D eigenvalue weighted by Crippen LogP contribution is 2.24. The third-order valence-electron chi connectivity index (χ3n) is 4.51. The summed E-state index contributed by atoms with van der Waals surface area (Å²) in [6.07, 6.45) is 6.93. The van der Waals surface area contributed by atoms with E-state index in [1.54, 1.807) is 0 Å². The lowest BCUT2D eigenvalue weighted by Crippen LogP contribution is -2.52. The lowest BCUT2D eigenvalue weighted by molar-refractivity contribution is 0.0927. The van der Waals surface area contributed by atoms with E-state index in [9.17, 15) is 0 Å². The maximum Gasteiger partial charge on any atom is 0.0170 e. The first-order chi connectivity index (χ1) is 8.65. The Hall–Kier alpha value is -0.120. The number of hydrogen-bond donors (Lipinski definition) is 1. The summed E-state index contributed by atoms with van der Waals surface area (Å²) in [5.41, 5.74) is 6.21. The molecule has 0 bridgehead atoms. The van der Waals surface area contributed by atoms with Crippen LogP contribution in [0.1, 0.15) is 46.0 Å². The zero-order chi connectivity index (χ0) is 13.0. The molecule has 0 aromatic rings. The average molecular weight is 253 g/mol. The molecule has 0 aromatic heterocycles. The van der Waals surface area contributed by atoms with Gasteiger partial charge in [-0.15, -0.1) is 0 Å². The summed E-state index contributed by atoms with van der Waals surface area (Å²) in [6.45, 7) is 10.6. The Morgan fingerprint density at radius 3 is 2.22 bits per heavy atom. The molecule has 2 rings (SSSR count). The van der Waals surface area contributed by atoms with Crippen LogP contribution in [0.2, 0.25) is 0 Å². The molecule has 1 saturated heterocycles. The van der Waals surface area contributed by atoms with E-state index >= 15 is 0 Å². The summed E-state index contributed by atoms with van der Waals surface area (Å²) in [7, 11) is 0. The van der Waals surface area contributed by atoms with Crippen molar-refractivity contribution in [3.63, 3.8) is 0 Å². The van der Waals surface area contributed by atoms with Crippen LogP contribution in [0.4, 0.5) is 0 Å². The molecule has 2 fully saturated rings. The van der Waals surface area contributed by atoms with E-state index in [1.807, 2.05) is 0 Å². The molecular formula is C15H31N3. The number of nitrogens with zero attached hydrogens (tertiary/aromatic N) is 2. The van der Waals surface area contributed by atoms with Gasteiger partial charge in [-0.3, -0.25) is 9.80 Å². The maximum absolute atomic E-state index is 6.21. The molecule has 0 aromatic carbocycles. The molecule has 2 N–H and O–H groups in total. The van der Waals surface area contributed by atoms with Crippen LogP contribution in [0.25, 0.3) is 0 Å². The van der Waals surface area contributed by atoms with Crippen molar-refractivity contribution in [3.8, 4) is 0 Å². The van der Waals surface area contributed by atoms with Crippen LogP contribution in [0, 0.1) is 5.92 Å². The van der Waals surface area contributed by atoms with Gasteiger partial charge in [0.05, 0.1) is 0 Å². The monoisotopic (exact) mass is 253 g/mol. The molecule has 1 aliphatic heterocycles. The summed E-state index contributed by atoms with van der Waals surface area (Å²) in [6, 6.07) is 1.26. The summed E-state index contributed by atoms with van der Waals surface area (Å²) in [5, 5.41) is 0. The van der Waals surface area contributed by atoms with Gasteiger partial charge in [0.2, 0.25) is 0 Å². The molecule has 3 heteroatoms. The van der Waals surface area contributed by atoms with Crippen LogP contribution in [-0.2, 0) is 0 Å². The van der Waals surface area contributed by atoms with E-state index in [4.69, 9.17) is 5.73 Å². The van der Waals surface area contributed by atoms with Crippen molar-refractivity contribution in [3.05, 3.63) is 0 Å². The Labute approximate surface area is 113 Å². The largest absolute Gasteiger partial charge is 0.327 e. The Morgan fingerprint density at radius 2 is 1.67 bits per heavy atom. The minimum atomic E-state index is 0.364. The molecule has 1 heterocycles. The standard InChI is InChI=1S/C15H31N3/c1-13(2)11-14(16)12-17-7-9-18(10-8-17)15-5-3-4-6-15/h13-15H,3-12,16H2,1-2H3/t14-/m0/s1. The molecule has 0 unspecified atom stereocenters. The smallest absolute Gasteiger partial charge is 0.0170 e. The zero-order valence-corrected chi connectivity index (χ0v) is 12.3. The molecular weight excluding hydrogens is 222 g/mol. The van der Waals surface area contributed by atoms with Crippen molar-refractivity contribution >= 4 is 0 Å². The van der Waals surface area contributed by atoms with E-state index in [1.165, 1.54) is 51.9 Å². The van der Waals surface area contributed by atoms with E-state index < -0.39 is 0 Å². The van der Waals surface area contributed by atoms with E-state index in [0.29, 0.717) is 6.04 Å². The second-order valence-electron chi connectivity index (χ2n) is 6.66. The first kappa shape index (κ1) is 14.3. The summed E-state index contributed by atoms with van der Waals surface area (Å²) in [5.74, 6) is 0.722. The molecule has 1 atom stereocenters. The van der Waals surface area contributed by atoms with Gasteiger partial charge in [-0.1, -0.05) is 26.7 Å². The van der Waals surface area contributed by atoms with Crippen LogP contribution >= 0.6 is 0 Å². The lowest BCUT2D eigenvalue weighted by atomic mass is 10.0. The fraction of sp³-hybridized carbons (Fsp3) is 1.00. The van der Waals surface area contributed by atoms with Crippen LogP contribution in [0.15, 0.2) is 0 Å². The third-order valence-corrected chi connectivity index (χ3v) is 4.51. The lowest BCUT2D eigenvalue weighted by Gasteiger charge is -2.39. The molecule has 0 radical (unpaired) electrons. The van der Waals surface area contributed by atoms with Crippen LogP contribution in [0.3, 0.4) is 0 Å². The Morgan fingerprint density at radius 1 is 1.06 bits per heavy atom. The number of hydrogen-bond acceptors (Lipinski definition) is 3. The Balaban J connectivity index is 1.66. The number of nitrogens with two attached hydrogens (primary N) is 1. The number of rotatable bonds is 5. The average Bonchev–Trinajstić information content (AvgIpc) is 2.82. The maximum atomic E-state index is 6.21. The van der Waals surface area contributed by atoms with Crippen molar-refractivity contribution in [2.45, 2.75) is 58.0 Å². The van der Waals surface area contributed by atoms with Gasteiger partial charge in [-0.25, -0.2) is 0 Å². The number of piperazine rings is 1. The van der Waals surface area contributed by atoms with Crippen molar-refractivity contribution in [1.29, 1.82) is 0 Å². The van der Waals surface area contributed by atoms with Gasteiger partial charge in [0.25, 0.3) is 0 Å². The fourth-order valence-electron chi connectivity index (χ4n) is 3.59. The highest BCUT2D eigenvalue weighted by Gasteiger charge is 2.26. The van der Waals surface area contributed by atoms with Gasteiger partial charge in [0.1, 0.15) is 0 Å². The second kappa shape index (κ2) is 6.88. The molecule has 2 aliphatic rings. The zero-order valence-electron chi connectivity index (χ0n) is 12.3. The molecule has 106 valence electrons. The van der Waals surface area contributed by atoms with Crippen LogP contribution < -0.4 is 5.73 Å². The molecule has 18 heavy (non-hydrogen) atoms. The SMILES string of the molecule is CC(C)C[C@H](N)CN1CCN(C2CCCC2)CC1. The molecule has 1 aliphatic carbocycles. The second-order valence-corrected chi connectivity index (χ2v) is 6.66. The van der Waals surface area contributed by atoms with Gasteiger partial charge < -0.3 is 5.73 Å². The van der Waals surface area contributed by atoms with Gasteiger partial charge in [-0.05, 0) is 25.2 Å². The quantitative estimate of drug-likeness (QED) is 0.812. The molecule has 3 nitrogen and oxygen atoms in total. The summed E-state index contributed by atoms with van der Waals surface area (Å²) in [4.78, 5) is 5.29. The first-order valence-corrected chi connectivity index (χ1v) is 7.87. The summed E-state index contributed by atoms with van der Waals surface area (Å²) < 4.78 is 0. The predicted octanol–water partition coefficient (Wildman–Crippen LogP) is 1.92. The first-order valence-electron chi connectivity index (χ1n) is 7.87. The molecule has 0 spiro atoms. The minimum absolute atomic E-state index is 0.364. The normalized spacial score (nSPS) is 26.0.